The Morgan fingerprint density at radius 1 is 0.969 bits per heavy atom. The fourth-order valence-corrected chi connectivity index (χ4v) is 5.06. The van der Waals surface area contributed by atoms with Gasteiger partial charge in [0.25, 0.3) is 0 Å². The second-order valence-electron chi connectivity index (χ2n) is 9.41. The summed E-state index contributed by atoms with van der Waals surface area (Å²) in [6, 6.07) is 21.4. The molecule has 3 aliphatic heterocycles. The van der Waals surface area contributed by atoms with Crippen LogP contribution in [0.5, 0.6) is 0 Å². The molecule has 2 aromatic rings. The van der Waals surface area contributed by atoms with Gasteiger partial charge in [0.05, 0.1) is 24.9 Å². The molecule has 1 saturated heterocycles. The summed E-state index contributed by atoms with van der Waals surface area (Å²) in [6.07, 6.45) is 5.74. The van der Waals surface area contributed by atoms with E-state index in [-0.39, 0.29) is 11.6 Å². The Kier molecular flexibility index (Phi) is 5.36. The summed E-state index contributed by atoms with van der Waals surface area (Å²) >= 11 is 0. The van der Waals surface area contributed by atoms with Crippen molar-refractivity contribution in [2.75, 3.05) is 19.9 Å². The summed E-state index contributed by atoms with van der Waals surface area (Å²) in [5.41, 5.74) is 3.59. The largest absolute Gasteiger partial charge is 0.373 e. The smallest absolute Gasteiger partial charge is 0.213 e. The maximum Gasteiger partial charge on any atom is 0.213 e. The fraction of sp³-hybridized carbons (Fsp3) is 0.385. The molecule has 0 aromatic heterocycles. The van der Waals surface area contributed by atoms with Crippen molar-refractivity contribution in [3.05, 3.63) is 83.6 Å². The molecule has 0 spiro atoms. The molecule has 164 valence electrons. The lowest BCUT2D eigenvalue weighted by Gasteiger charge is -2.53. The van der Waals surface area contributed by atoms with Crippen LogP contribution in [0.3, 0.4) is 0 Å². The van der Waals surface area contributed by atoms with Gasteiger partial charge in [-0.3, -0.25) is 4.90 Å². The van der Waals surface area contributed by atoms with E-state index in [1.807, 2.05) is 6.07 Å². The van der Waals surface area contributed by atoms with Gasteiger partial charge in [-0.05, 0) is 37.0 Å². The van der Waals surface area contributed by atoms with Gasteiger partial charge in [-0.15, -0.1) is 0 Å². The number of nitriles is 1. The minimum atomic E-state index is -0.331. The van der Waals surface area contributed by atoms with E-state index in [0.29, 0.717) is 6.67 Å². The van der Waals surface area contributed by atoms with E-state index in [2.05, 4.69) is 95.5 Å². The summed E-state index contributed by atoms with van der Waals surface area (Å²) in [6.45, 7) is 8.42. The molecule has 0 unspecified atom stereocenters. The SMILES string of the molecule is CC1(C)N=C2N(C#N)CN(Cc3ccccc3)CN2[C@@H]2CCN(Cc3ccccc3)C=C21. The quantitative estimate of drug-likeness (QED) is 0.696. The summed E-state index contributed by atoms with van der Waals surface area (Å²) in [5, 5.41) is 9.91. The molecule has 3 aliphatic rings. The number of benzene rings is 2. The van der Waals surface area contributed by atoms with Crippen LogP contribution in [-0.2, 0) is 13.1 Å². The van der Waals surface area contributed by atoms with Crippen LogP contribution in [0.15, 0.2) is 77.4 Å². The van der Waals surface area contributed by atoms with Crippen LogP contribution in [-0.4, -0.2) is 57.0 Å². The summed E-state index contributed by atoms with van der Waals surface area (Å²) in [4.78, 5) is 13.9. The molecule has 0 aliphatic carbocycles. The van der Waals surface area contributed by atoms with E-state index in [4.69, 9.17) is 4.99 Å². The first-order chi connectivity index (χ1) is 15.5. The van der Waals surface area contributed by atoms with E-state index in [0.717, 1.165) is 38.7 Å². The van der Waals surface area contributed by atoms with Crippen LogP contribution in [0.2, 0.25) is 0 Å². The van der Waals surface area contributed by atoms with Crippen molar-refractivity contribution in [2.24, 2.45) is 4.99 Å². The molecule has 6 nitrogen and oxygen atoms in total. The Labute approximate surface area is 190 Å². The zero-order chi connectivity index (χ0) is 22.1. The first-order valence-corrected chi connectivity index (χ1v) is 11.3. The molecule has 0 bridgehead atoms. The number of guanidine groups is 1. The predicted octanol–water partition coefficient (Wildman–Crippen LogP) is 3.81. The number of nitrogens with zero attached hydrogens (tertiary/aromatic N) is 6. The van der Waals surface area contributed by atoms with Gasteiger partial charge < -0.3 is 9.80 Å². The highest BCUT2D eigenvalue weighted by atomic mass is 15.5. The maximum atomic E-state index is 9.91. The van der Waals surface area contributed by atoms with Gasteiger partial charge in [0.1, 0.15) is 0 Å². The molecule has 0 saturated carbocycles. The van der Waals surface area contributed by atoms with Crippen LogP contribution in [0, 0.1) is 11.5 Å². The van der Waals surface area contributed by atoms with Gasteiger partial charge >= 0.3 is 0 Å². The molecule has 1 atom stereocenters. The Morgan fingerprint density at radius 2 is 1.62 bits per heavy atom. The van der Waals surface area contributed by atoms with Crippen molar-refractivity contribution in [3.8, 4) is 6.19 Å². The molecule has 0 N–H and O–H groups in total. The number of aliphatic imine (C=N–C) groups is 1. The van der Waals surface area contributed by atoms with Crippen LogP contribution in [0.4, 0.5) is 0 Å². The number of hydrogen-bond donors (Lipinski definition) is 0. The standard InChI is InChI=1S/C26H30N6/c1-26(2)23-17-29(15-21-9-5-3-6-10-21)14-13-24(23)32-20-30(16-22-11-7-4-8-12-22)19-31(18-27)25(32)28-26/h3-12,17,24H,13-16,19-20H2,1-2H3/t24-/m1/s1. The van der Waals surface area contributed by atoms with Crippen molar-refractivity contribution in [2.45, 2.75) is 44.9 Å². The first-order valence-electron chi connectivity index (χ1n) is 11.3. The third kappa shape index (κ3) is 3.96. The molecule has 5 rings (SSSR count). The lowest BCUT2D eigenvalue weighted by Crippen LogP contribution is -2.65. The van der Waals surface area contributed by atoms with Crippen molar-refractivity contribution in [1.29, 1.82) is 5.26 Å². The molecule has 32 heavy (non-hydrogen) atoms. The van der Waals surface area contributed by atoms with Crippen molar-refractivity contribution in [1.82, 2.24) is 19.6 Å². The second kappa shape index (κ2) is 8.33. The van der Waals surface area contributed by atoms with Crippen molar-refractivity contribution >= 4 is 5.96 Å². The molecule has 2 aromatic carbocycles. The highest BCUT2D eigenvalue weighted by molar-refractivity contribution is 5.85. The Morgan fingerprint density at radius 3 is 2.28 bits per heavy atom. The van der Waals surface area contributed by atoms with Gasteiger partial charge in [-0.1, -0.05) is 60.7 Å². The van der Waals surface area contributed by atoms with Gasteiger partial charge in [0, 0.05) is 25.8 Å². The molecule has 1 fully saturated rings. The van der Waals surface area contributed by atoms with E-state index >= 15 is 0 Å². The van der Waals surface area contributed by atoms with Crippen LogP contribution in [0.1, 0.15) is 31.4 Å². The zero-order valence-corrected chi connectivity index (χ0v) is 18.9. The summed E-state index contributed by atoms with van der Waals surface area (Å²) < 4.78 is 0. The molecule has 0 radical (unpaired) electrons. The lowest BCUT2D eigenvalue weighted by molar-refractivity contribution is 0.0607. The van der Waals surface area contributed by atoms with E-state index in [1.54, 1.807) is 4.90 Å². The first kappa shape index (κ1) is 20.6. The van der Waals surface area contributed by atoms with Crippen molar-refractivity contribution in [3.63, 3.8) is 0 Å². The Bertz CT molecular complexity index is 1050. The predicted molar refractivity (Wildman–Crippen MR) is 126 cm³/mol. The Hall–Kier alpha value is -3.30. The van der Waals surface area contributed by atoms with Crippen LogP contribution in [0.25, 0.3) is 0 Å². The highest BCUT2D eigenvalue weighted by Crippen LogP contribution is 2.38. The Balaban J connectivity index is 1.42. The van der Waals surface area contributed by atoms with E-state index in [9.17, 15) is 5.26 Å². The topological polar surface area (TPSA) is 49.1 Å². The molecular weight excluding hydrogens is 396 g/mol. The monoisotopic (exact) mass is 426 g/mol. The molecule has 0 amide bonds. The number of hydrogen-bond acceptors (Lipinski definition) is 6. The average molecular weight is 427 g/mol. The number of rotatable bonds is 4. The molecule has 3 heterocycles. The maximum absolute atomic E-state index is 9.91. The minimum Gasteiger partial charge on any atom is -0.373 e. The molecule has 6 heteroatoms. The van der Waals surface area contributed by atoms with Gasteiger partial charge in [-0.25, -0.2) is 9.89 Å². The van der Waals surface area contributed by atoms with Crippen LogP contribution >= 0.6 is 0 Å². The third-order valence-corrected chi connectivity index (χ3v) is 6.62. The normalized spacial score (nSPS) is 22.4. The molecular formula is C26H30N6. The fourth-order valence-electron chi connectivity index (χ4n) is 5.06. The minimum absolute atomic E-state index is 0.263. The third-order valence-electron chi connectivity index (χ3n) is 6.62. The number of fused-ring (bicyclic) bond motifs is 3. The van der Waals surface area contributed by atoms with Gasteiger partial charge in [-0.2, -0.15) is 5.26 Å². The van der Waals surface area contributed by atoms with Gasteiger partial charge in [0.15, 0.2) is 6.19 Å². The van der Waals surface area contributed by atoms with Crippen LogP contribution < -0.4 is 0 Å². The van der Waals surface area contributed by atoms with E-state index < -0.39 is 0 Å². The lowest BCUT2D eigenvalue weighted by atomic mass is 9.83. The zero-order valence-electron chi connectivity index (χ0n) is 18.9. The van der Waals surface area contributed by atoms with Gasteiger partial charge in [0.2, 0.25) is 5.96 Å². The summed E-state index contributed by atoms with van der Waals surface area (Å²) in [7, 11) is 0. The summed E-state index contributed by atoms with van der Waals surface area (Å²) in [5.74, 6) is 0.820. The van der Waals surface area contributed by atoms with Crippen molar-refractivity contribution < 1.29 is 0 Å². The highest BCUT2D eigenvalue weighted by Gasteiger charge is 2.45. The second-order valence-corrected chi connectivity index (χ2v) is 9.41. The van der Waals surface area contributed by atoms with E-state index in [1.165, 1.54) is 16.7 Å². The average Bonchev–Trinajstić information content (AvgIpc) is 2.80.